The van der Waals surface area contributed by atoms with Gasteiger partial charge in [0.2, 0.25) is 0 Å². The lowest BCUT2D eigenvalue weighted by molar-refractivity contribution is 0.393. The molecule has 5 heteroatoms. The number of benzene rings is 2. The first-order valence-corrected chi connectivity index (χ1v) is 6.68. The number of hydrogen-bond donors (Lipinski definition) is 1. The molecule has 0 aromatic heterocycles. The van der Waals surface area contributed by atoms with E-state index in [9.17, 15) is 5.26 Å². The van der Waals surface area contributed by atoms with Crippen molar-refractivity contribution in [1.82, 2.24) is 0 Å². The molecule has 0 radical (unpaired) electrons. The van der Waals surface area contributed by atoms with Crippen LogP contribution in [0, 0.1) is 11.3 Å². The molecule has 2 aromatic rings. The lowest BCUT2D eigenvalue weighted by Crippen LogP contribution is -2.08. The van der Waals surface area contributed by atoms with Crippen molar-refractivity contribution in [1.29, 1.82) is 5.26 Å². The molecule has 21 heavy (non-hydrogen) atoms. The zero-order chi connectivity index (χ0) is 15.2. The van der Waals surface area contributed by atoms with Gasteiger partial charge in [-0.25, -0.2) is 0 Å². The number of rotatable bonds is 5. The number of methoxy groups -OCH3 is 2. The minimum atomic E-state index is -0.518. The van der Waals surface area contributed by atoms with Gasteiger partial charge in [0.15, 0.2) is 0 Å². The third-order valence-electron chi connectivity index (χ3n) is 2.99. The van der Waals surface area contributed by atoms with Crippen LogP contribution in [0.4, 0.5) is 5.69 Å². The molecule has 0 bridgehead atoms. The van der Waals surface area contributed by atoms with Crippen LogP contribution in [0.25, 0.3) is 0 Å². The van der Waals surface area contributed by atoms with Crippen LogP contribution in [0.2, 0.25) is 5.02 Å². The van der Waals surface area contributed by atoms with Crippen molar-refractivity contribution in [2.24, 2.45) is 0 Å². The van der Waals surface area contributed by atoms with Gasteiger partial charge in [-0.15, -0.1) is 0 Å². The third kappa shape index (κ3) is 3.80. The maximum absolute atomic E-state index is 9.40. The Kier molecular flexibility index (Phi) is 4.91. The normalized spacial score (nSPS) is 11.3. The molecule has 0 amide bonds. The summed E-state index contributed by atoms with van der Waals surface area (Å²) >= 11 is 5.85. The number of halogens is 1. The summed E-state index contributed by atoms with van der Waals surface area (Å²) in [5.74, 6) is 1.28. The Balaban J connectivity index is 2.28. The van der Waals surface area contributed by atoms with Crippen molar-refractivity contribution in [3.05, 3.63) is 53.1 Å². The molecule has 0 saturated carbocycles. The van der Waals surface area contributed by atoms with Crippen molar-refractivity contribution in [2.75, 3.05) is 19.5 Å². The van der Waals surface area contributed by atoms with E-state index in [2.05, 4.69) is 11.4 Å². The van der Waals surface area contributed by atoms with E-state index in [1.165, 1.54) is 0 Å². The minimum Gasteiger partial charge on any atom is -0.497 e. The topological polar surface area (TPSA) is 54.3 Å². The van der Waals surface area contributed by atoms with Crippen LogP contribution in [-0.4, -0.2) is 14.2 Å². The standard InChI is InChI=1S/C16H15ClN2O2/c1-20-14-7-11(8-15(9-14)21-2)16(10-18)19-13-5-3-12(17)4-6-13/h3-9,16,19H,1-2H3. The molecule has 0 fully saturated rings. The van der Waals surface area contributed by atoms with E-state index >= 15 is 0 Å². The molecule has 4 nitrogen and oxygen atoms in total. The fourth-order valence-corrected chi connectivity index (χ4v) is 2.03. The second-order valence-electron chi connectivity index (χ2n) is 4.36. The zero-order valence-corrected chi connectivity index (χ0v) is 12.5. The molecule has 2 rings (SSSR count). The second kappa shape index (κ2) is 6.87. The van der Waals surface area contributed by atoms with Crippen LogP contribution in [0.15, 0.2) is 42.5 Å². The van der Waals surface area contributed by atoms with E-state index in [0.717, 1.165) is 11.3 Å². The van der Waals surface area contributed by atoms with Crippen molar-refractivity contribution in [2.45, 2.75) is 6.04 Å². The number of nitriles is 1. The quantitative estimate of drug-likeness (QED) is 0.906. The summed E-state index contributed by atoms with van der Waals surface area (Å²) in [7, 11) is 3.15. The highest BCUT2D eigenvalue weighted by Gasteiger charge is 2.13. The van der Waals surface area contributed by atoms with Crippen molar-refractivity contribution >= 4 is 17.3 Å². The van der Waals surface area contributed by atoms with E-state index in [0.29, 0.717) is 16.5 Å². The predicted molar refractivity (Wildman–Crippen MR) is 83.0 cm³/mol. The van der Waals surface area contributed by atoms with E-state index in [1.807, 2.05) is 12.1 Å². The van der Waals surface area contributed by atoms with Gasteiger partial charge in [-0.2, -0.15) is 5.26 Å². The van der Waals surface area contributed by atoms with Gasteiger partial charge in [-0.1, -0.05) is 11.6 Å². The summed E-state index contributed by atoms with van der Waals surface area (Å²) in [6, 6.07) is 14.3. The molecule has 0 aliphatic rings. The lowest BCUT2D eigenvalue weighted by atomic mass is 10.1. The Labute approximate surface area is 128 Å². The predicted octanol–water partition coefficient (Wildman–Crippen LogP) is 4.03. The van der Waals surface area contributed by atoms with E-state index in [1.54, 1.807) is 44.6 Å². The summed E-state index contributed by atoms with van der Waals surface area (Å²) < 4.78 is 10.4. The number of hydrogen-bond acceptors (Lipinski definition) is 4. The van der Waals surface area contributed by atoms with Crippen LogP contribution >= 0.6 is 11.6 Å². The number of ether oxygens (including phenoxy) is 2. The Hall–Kier alpha value is -2.38. The Morgan fingerprint density at radius 2 is 1.62 bits per heavy atom. The van der Waals surface area contributed by atoms with Crippen molar-refractivity contribution < 1.29 is 9.47 Å². The summed E-state index contributed by atoms with van der Waals surface area (Å²) in [6.07, 6.45) is 0. The molecule has 2 aromatic carbocycles. The molecule has 0 heterocycles. The average molecular weight is 303 g/mol. The van der Waals surface area contributed by atoms with E-state index < -0.39 is 6.04 Å². The van der Waals surface area contributed by atoms with Gasteiger partial charge >= 0.3 is 0 Å². The highest BCUT2D eigenvalue weighted by molar-refractivity contribution is 6.30. The van der Waals surface area contributed by atoms with Crippen LogP contribution < -0.4 is 14.8 Å². The smallest absolute Gasteiger partial charge is 0.140 e. The molecular formula is C16H15ClN2O2. The van der Waals surface area contributed by atoms with Gasteiger partial charge in [0.05, 0.1) is 20.3 Å². The van der Waals surface area contributed by atoms with Gasteiger partial charge in [-0.05, 0) is 42.0 Å². The molecular weight excluding hydrogens is 288 g/mol. The number of nitrogens with zero attached hydrogens (tertiary/aromatic N) is 1. The maximum Gasteiger partial charge on any atom is 0.140 e. The van der Waals surface area contributed by atoms with Crippen LogP contribution in [0.1, 0.15) is 11.6 Å². The third-order valence-corrected chi connectivity index (χ3v) is 3.24. The van der Waals surface area contributed by atoms with E-state index in [4.69, 9.17) is 21.1 Å². The lowest BCUT2D eigenvalue weighted by Gasteiger charge is -2.15. The summed E-state index contributed by atoms with van der Waals surface area (Å²) in [5.41, 5.74) is 1.58. The molecule has 1 unspecified atom stereocenters. The zero-order valence-electron chi connectivity index (χ0n) is 11.8. The summed E-state index contributed by atoms with van der Waals surface area (Å²) in [6.45, 7) is 0. The van der Waals surface area contributed by atoms with Crippen LogP contribution in [0.5, 0.6) is 11.5 Å². The average Bonchev–Trinajstić information content (AvgIpc) is 2.53. The first kappa shape index (κ1) is 15.0. The first-order valence-electron chi connectivity index (χ1n) is 6.31. The molecule has 108 valence electrons. The SMILES string of the molecule is COc1cc(OC)cc(C(C#N)Nc2ccc(Cl)cc2)c1. The van der Waals surface area contributed by atoms with Crippen molar-refractivity contribution in [3.63, 3.8) is 0 Å². The van der Waals surface area contributed by atoms with Gasteiger partial charge < -0.3 is 14.8 Å². The Morgan fingerprint density at radius 1 is 1.05 bits per heavy atom. The fourth-order valence-electron chi connectivity index (χ4n) is 1.90. The summed E-state index contributed by atoms with van der Waals surface area (Å²) in [5, 5.41) is 13.2. The maximum atomic E-state index is 9.40. The van der Waals surface area contributed by atoms with Crippen molar-refractivity contribution in [3.8, 4) is 17.6 Å². The van der Waals surface area contributed by atoms with Crippen LogP contribution in [0.3, 0.4) is 0 Å². The molecule has 1 atom stereocenters. The molecule has 0 spiro atoms. The second-order valence-corrected chi connectivity index (χ2v) is 4.80. The largest absolute Gasteiger partial charge is 0.497 e. The van der Waals surface area contributed by atoms with Gasteiger partial charge in [0, 0.05) is 16.8 Å². The molecule has 0 aliphatic heterocycles. The van der Waals surface area contributed by atoms with E-state index in [-0.39, 0.29) is 0 Å². The Morgan fingerprint density at radius 3 is 2.10 bits per heavy atom. The molecule has 0 saturated heterocycles. The monoisotopic (exact) mass is 302 g/mol. The first-order chi connectivity index (χ1) is 10.2. The van der Waals surface area contributed by atoms with Gasteiger partial charge in [-0.3, -0.25) is 0 Å². The fraction of sp³-hybridized carbons (Fsp3) is 0.188. The summed E-state index contributed by atoms with van der Waals surface area (Å²) in [4.78, 5) is 0. The van der Waals surface area contributed by atoms with Gasteiger partial charge in [0.1, 0.15) is 17.5 Å². The molecule has 0 aliphatic carbocycles. The number of nitrogens with one attached hydrogen (secondary N) is 1. The Bertz CT molecular complexity index is 628. The minimum absolute atomic E-state index is 0.518. The highest BCUT2D eigenvalue weighted by atomic mass is 35.5. The highest BCUT2D eigenvalue weighted by Crippen LogP contribution is 2.28. The number of anilines is 1. The van der Waals surface area contributed by atoms with Gasteiger partial charge in [0.25, 0.3) is 0 Å². The molecule has 1 N–H and O–H groups in total. The van der Waals surface area contributed by atoms with Crippen LogP contribution in [-0.2, 0) is 0 Å².